The zero-order valence-electron chi connectivity index (χ0n) is 19.1. The summed E-state index contributed by atoms with van der Waals surface area (Å²) < 4.78 is 55.7. The molecule has 2 bridgehead atoms. The number of rotatable bonds is 4. The minimum atomic E-state index is -4.53. The number of amides is 1. The molecule has 4 aliphatic rings. The maximum atomic E-state index is 14.1. The van der Waals surface area contributed by atoms with Gasteiger partial charge in [-0.05, 0) is 56.9 Å². The third-order valence-corrected chi connectivity index (χ3v) is 7.48. The monoisotopic (exact) mass is 489 g/mol. The number of carbonyl (C=O) groups excluding carboxylic acids is 1. The van der Waals surface area contributed by atoms with Crippen LogP contribution in [0.25, 0.3) is 5.78 Å². The second-order valence-electron chi connectivity index (χ2n) is 10.1. The number of aromatic nitrogens is 4. The summed E-state index contributed by atoms with van der Waals surface area (Å²) in [5, 5.41) is 11.4. The van der Waals surface area contributed by atoms with E-state index in [1.54, 1.807) is 23.1 Å². The van der Waals surface area contributed by atoms with Crippen LogP contribution in [0.1, 0.15) is 60.4 Å². The zero-order chi connectivity index (χ0) is 24.9. The second kappa shape index (κ2) is 6.82. The summed E-state index contributed by atoms with van der Waals surface area (Å²) in [6, 6.07) is 2.86. The lowest BCUT2D eigenvalue weighted by atomic mass is 9.42. The first-order chi connectivity index (χ1) is 16.4. The highest BCUT2D eigenvalue weighted by Gasteiger charge is 2.73. The molecule has 3 aromatic rings. The number of alkyl halides is 4. The van der Waals surface area contributed by atoms with E-state index in [2.05, 4.69) is 20.5 Å². The number of anilines is 2. The molecule has 2 aromatic heterocycles. The number of benzene rings is 1. The van der Waals surface area contributed by atoms with E-state index in [1.807, 2.05) is 0 Å². The van der Waals surface area contributed by atoms with Crippen molar-refractivity contribution in [1.29, 1.82) is 0 Å². The molecule has 3 N–H and O–H groups in total. The van der Waals surface area contributed by atoms with Gasteiger partial charge in [0.25, 0.3) is 5.78 Å². The van der Waals surface area contributed by atoms with E-state index in [4.69, 9.17) is 5.73 Å². The van der Waals surface area contributed by atoms with Crippen LogP contribution in [-0.4, -0.2) is 36.1 Å². The molecule has 3 aliphatic carbocycles. The topological polar surface area (TPSA) is 101 Å². The van der Waals surface area contributed by atoms with Crippen LogP contribution >= 0.6 is 0 Å². The Bertz CT molecular complexity index is 1380. The Balaban J connectivity index is 1.34. The average Bonchev–Trinajstić information content (AvgIpc) is 3.33. The number of aryl methyl sites for hydroxylation is 1. The predicted molar refractivity (Wildman–Crippen MR) is 118 cm³/mol. The second-order valence-corrected chi connectivity index (χ2v) is 10.1. The fourth-order valence-corrected chi connectivity index (χ4v) is 5.81. The summed E-state index contributed by atoms with van der Waals surface area (Å²) in [5.74, 6) is 1.27. The molecule has 1 aliphatic heterocycles. The maximum Gasteiger partial charge on any atom is 0.416 e. The van der Waals surface area contributed by atoms with E-state index < -0.39 is 28.9 Å². The van der Waals surface area contributed by atoms with Gasteiger partial charge in [0.15, 0.2) is 0 Å². The van der Waals surface area contributed by atoms with Gasteiger partial charge in [0.1, 0.15) is 17.3 Å². The third-order valence-electron chi connectivity index (χ3n) is 7.48. The molecule has 1 aromatic carbocycles. The van der Waals surface area contributed by atoms with Crippen LogP contribution in [0, 0.1) is 12.3 Å². The van der Waals surface area contributed by atoms with Gasteiger partial charge in [0.2, 0.25) is 5.91 Å². The van der Waals surface area contributed by atoms with Crippen LogP contribution < -0.4 is 11.1 Å². The van der Waals surface area contributed by atoms with E-state index in [1.165, 1.54) is 6.07 Å². The highest BCUT2D eigenvalue weighted by Crippen LogP contribution is 2.70. The largest absolute Gasteiger partial charge is 0.416 e. The number of nitrogens with two attached hydrogens (primary N) is 1. The smallest absolute Gasteiger partial charge is 0.399 e. The molecule has 35 heavy (non-hydrogen) atoms. The Hall–Kier alpha value is -3.44. The third kappa shape index (κ3) is 3.25. The Morgan fingerprint density at radius 1 is 1.17 bits per heavy atom. The Morgan fingerprint density at radius 2 is 1.89 bits per heavy atom. The Kier molecular flexibility index (Phi) is 4.30. The summed E-state index contributed by atoms with van der Waals surface area (Å²) in [4.78, 5) is 19.5. The predicted octanol–water partition coefficient (Wildman–Crippen LogP) is 3.94. The van der Waals surface area contributed by atoms with Gasteiger partial charge in [0, 0.05) is 11.3 Å². The molecule has 1 atom stereocenters. The number of halogens is 4. The number of nitrogens with zero attached hydrogens (tertiary/aromatic N) is 5. The summed E-state index contributed by atoms with van der Waals surface area (Å²) >= 11 is 0. The SMILES string of the molecule is Cc1nnc2nc(N[C@H](C)c3cc(N)cc(C(F)(F)F)c3)c3c(n12)CN(C(=O)C12CC(F)(C1)C2)C3. The van der Waals surface area contributed by atoms with Crippen LogP contribution in [0.2, 0.25) is 0 Å². The fourth-order valence-electron chi connectivity index (χ4n) is 5.81. The molecule has 0 spiro atoms. The normalized spacial score (nSPS) is 25.7. The first-order valence-electron chi connectivity index (χ1n) is 11.3. The van der Waals surface area contributed by atoms with Crippen LogP contribution in [0.3, 0.4) is 0 Å². The van der Waals surface area contributed by atoms with Crippen molar-refractivity contribution in [3.05, 3.63) is 46.4 Å². The van der Waals surface area contributed by atoms with Gasteiger partial charge in [-0.25, -0.2) is 4.39 Å². The summed E-state index contributed by atoms with van der Waals surface area (Å²) in [7, 11) is 0. The molecular formula is C23H23F4N7O. The molecule has 1 amide bonds. The van der Waals surface area contributed by atoms with Crippen molar-refractivity contribution in [3.8, 4) is 0 Å². The highest BCUT2D eigenvalue weighted by atomic mass is 19.4. The molecule has 3 heterocycles. The molecule has 3 fully saturated rings. The van der Waals surface area contributed by atoms with Crippen molar-refractivity contribution in [3.63, 3.8) is 0 Å². The van der Waals surface area contributed by atoms with E-state index in [0.717, 1.165) is 23.4 Å². The summed E-state index contributed by atoms with van der Waals surface area (Å²) in [6.07, 6.45) is -3.72. The molecule has 3 saturated carbocycles. The Morgan fingerprint density at radius 3 is 2.54 bits per heavy atom. The van der Waals surface area contributed by atoms with E-state index in [-0.39, 0.29) is 37.4 Å². The van der Waals surface area contributed by atoms with Gasteiger partial charge in [-0.3, -0.25) is 9.20 Å². The van der Waals surface area contributed by atoms with Crippen LogP contribution in [0.4, 0.5) is 29.1 Å². The Labute approximate surface area is 197 Å². The molecule has 184 valence electrons. The van der Waals surface area contributed by atoms with Gasteiger partial charge in [-0.1, -0.05) is 0 Å². The zero-order valence-corrected chi connectivity index (χ0v) is 19.1. The van der Waals surface area contributed by atoms with Crippen molar-refractivity contribution in [1.82, 2.24) is 24.5 Å². The minimum Gasteiger partial charge on any atom is -0.399 e. The van der Waals surface area contributed by atoms with E-state index >= 15 is 0 Å². The maximum absolute atomic E-state index is 14.1. The van der Waals surface area contributed by atoms with Crippen LogP contribution in [0.5, 0.6) is 0 Å². The minimum absolute atomic E-state index is 0.00570. The van der Waals surface area contributed by atoms with Crippen molar-refractivity contribution >= 4 is 23.2 Å². The standard InChI is InChI=1S/C23H23F4N7O/c1-11(13-3-14(23(25,26)27)5-15(28)4-13)29-18-16-6-33(19(35)21-8-22(24,9-21)10-21)7-17(16)34-12(2)31-32-20(34)30-18/h3-5,11H,6-10,28H2,1-2H3,(H,29,30,32)/t11-,21?,22?/m1/s1. The van der Waals surface area contributed by atoms with Gasteiger partial charge >= 0.3 is 6.18 Å². The van der Waals surface area contributed by atoms with E-state index in [0.29, 0.717) is 29.5 Å². The summed E-state index contributed by atoms with van der Waals surface area (Å²) in [6.45, 7) is 4.05. The van der Waals surface area contributed by atoms with Gasteiger partial charge in [0.05, 0.1) is 35.8 Å². The van der Waals surface area contributed by atoms with Gasteiger partial charge < -0.3 is 16.0 Å². The van der Waals surface area contributed by atoms with Crippen molar-refractivity contribution < 1.29 is 22.4 Å². The van der Waals surface area contributed by atoms with Gasteiger partial charge in [-0.15, -0.1) is 10.2 Å². The highest BCUT2D eigenvalue weighted by molar-refractivity contribution is 5.87. The molecule has 8 nitrogen and oxygen atoms in total. The number of hydrogen-bond acceptors (Lipinski definition) is 6. The molecule has 0 radical (unpaired) electrons. The average molecular weight is 489 g/mol. The number of nitrogens with one attached hydrogen (secondary N) is 1. The fraction of sp³-hybridized carbons (Fsp3) is 0.478. The molecule has 0 unspecified atom stereocenters. The lowest BCUT2D eigenvalue weighted by Gasteiger charge is -2.64. The molecule has 7 rings (SSSR count). The summed E-state index contributed by atoms with van der Waals surface area (Å²) in [5.41, 5.74) is 4.99. The van der Waals surface area contributed by atoms with Crippen LogP contribution in [0.15, 0.2) is 18.2 Å². The van der Waals surface area contributed by atoms with Gasteiger partial charge in [-0.2, -0.15) is 18.2 Å². The van der Waals surface area contributed by atoms with Crippen LogP contribution in [-0.2, 0) is 24.1 Å². The number of hydrogen-bond donors (Lipinski definition) is 2. The molecule has 12 heteroatoms. The molecule has 0 saturated heterocycles. The number of fused-ring (bicyclic) bond motifs is 3. The van der Waals surface area contributed by atoms with Crippen molar-refractivity contribution in [2.75, 3.05) is 11.1 Å². The lowest BCUT2D eigenvalue weighted by molar-refractivity contribution is -0.222. The first kappa shape index (κ1) is 22.1. The lowest BCUT2D eigenvalue weighted by Crippen LogP contribution is -2.69. The number of carbonyl (C=O) groups is 1. The van der Waals surface area contributed by atoms with Crippen molar-refractivity contribution in [2.24, 2.45) is 5.41 Å². The van der Waals surface area contributed by atoms with E-state index in [9.17, 15) is 22.4 Å². The van der Waals surface area contributed by atoms with Crippen molar-refractivity contribution in [2.45, 2.75) is 64.1 Å². The quantitative estimate of drug-likeness (QED) is 0.425. The first-order valence-corrected chi connectivity index (χ1v) is 11.3. The molecular weight excluding hydrogens is 466 g/mol. The number of nitrogen functional groups attached to an aromatic ring is 1.